The van der Waals surface area contributed by atoms with Crippen LogP contribution in [0.15, 0.2) is 43.0 Å². The molecular formula is C22H28N4O3. The highest BCUT2D eigenvalue weighted by Gasteiger charge is 2.52. The molecule has 7 heteroatoms. The van der Waals surface area contributed by atoms with Crippen LogP contribution >= 0.6 is 0 Å². The highest BCUT2D eigenvalue weighted by atomic mass is 16.5. The number of ether oxygens (including phenoxy) is 1. The molecule has 4 rings (SSSR count). The largest absolute Gasteiger partial charge is 0.497 e. The maximum absolute atomic E-state index is 12.8. The Morgan fingerprint density at radius 1 is 1.24 bits per heavy atom. The molecule has 1 amide bonds. The van der Waals surface area contributed by atoms with E-state index in [1.54, 1.807) is 7.11 Å². The fraction of sp³-hybridized carbons (Fsp3) is 0.500. The molecule has 0 bridgehead atoms. The van der Waals surface area contributed by atoms with Gasteiger partial charge in [0.1, 0.15) is 12.1 Å². The van der Waals surface area contributed by atoms with Crippen molar-refractivity contribution < 1.29 is 14.6 Å². The Morgan fingerprint density at radius 3 is 2.79 bits per heavy atom. The van der Waals surface area contributed by atoms with E-state index in [0.29, 0.717) is 25.3 Å². The van der Waals surface area contributed by atoms with E-state index in [0.717, 1.165) is 43.1 Å². The van der Waals surface area contributed by atoms with Crippen molar-refractivity contribution in [2.24, 2.45) is 11.3 Å². The molecule has 154 valence electrons. The van der Waals surface area contributed by atoms with Gasteiger partial charge in [0.05, 0.1) is 13.7 Å². The smallest absolute Gasteiger partial charge is 0.222 e. The molecule has 2 saturated heterocycles. The van der Waals surface area contributed by atoms with E-state index < -0.39 is 0 Å². The summed E-state index contributed by atoms with van der Waals surface area (Å²) in [6, 6.07) is 7.86. The highest BCUT2D eigenvalue weighted by molar-refractivity contribution is 5.77. The first-order chi connectivity index (χ1) is 14.1. The van der Waals surface area contributed by atoms with Crippen LogP contribution in [0.3, 0.4) is 0 Å². The molecule has 0 radical (unpaired) electrons. The predicted molar refractivity (Wildman–Crippen MR) is 108 cm³/mol. The molecule has 0 spiro atoms. The van der Waals surface area contributed by atoms with Crippen LogP contribution in [0.2, 0.25) is 0 Å². The van der Waals surface area contributed by atoms with Crippen LogP contribution in [0.5, 0.6) is 5.75 Å². The number of hydrogen-bond donors (Lipinski definition) is 1. The number of aliphatic hydroxyl groups excluding tert-OH is 1. The van der Waals surface area contributed by atoms with E-state index >= 15 is 0 Å². The molecule has 2 aliphatic heterocycles. The van der Waals surface area contributed by atoms with Gasteiger partial charge in [-0.2, -0.15) is 0 Å². The van der Waals surface area contributed by atoms with Gasteiger partial charge < -0.3 is 14.7 Å². The summed E-state index contributed by atoms with van der Waals surface area (Å²) in [7, 11) is 1.65. The van der Waals surface area contributed by atoms with Crippen LogP contribution in [0, 0.1) is 11.3 Å². The first kappa shape index (κ1) is 19.8. The Morgan fingerprint density at radius 2 is 2.07 bits per heavy atom. The average Bonchev–Trinajstić information content (AvgIpc) is 3.27. The predicted octanol–water partition coefficient (Wildman–Crippen LogP) is 1.37. The monoisotopic (exact) mass is 396 g/mol. The van der Waals surface area contributed by atoms with Crippen molar-refractivity contribution >= 4 is 5.91 Å². The fourth-order valence-corrected chi connectivity index (χ4v) is 4.73. The average molecular weight is 396 g/mol. The summed E-state index contributed by atoms with van der Waals surface area (Å²) in [5.41, 5.74) is 1.96. The number of amides is 1. The molecule has 2 aliphatic rings. The number of aromatic nitrogens is 2. The van der Waals surface area contributed by atoms with Gasteiger partial charge in [-0.15, -0.1) is 0 Å². The zero-order valence-electron chi connectivity index (χ0n) is 16.8. The summed E-state index contributed by atoms with van der Waals surface area (Å²) < 4.78 is 5.26. The molecule has 2 fully saturated rings. The third-order valence-electron chi connectivity index (χ3n) is 6.28. The molecule has 0 aliphatic carbocycles. The third-order valence-corrected chi connectivity index (χ3v) is 6.28. The number of aliphatic hydroxyl groups is 1. The molecule has 2 atom stereocenters. The first-order valence-electron chi connectivity index (χ1n) is 10.1. The molecule has 0 saturated carbocycles. The van der Waals surface area contributed by atoms with E-state index in [1.807, 2.05) is 41.6 Å². The maximum atomic E-state index is 12.8. The van der Waals surface area contributed by atoms with Crippen molar-refractivity contribution in [2.45, 2.75) is 19.4 Å². The standard InChI is InChI=1S/C22H28N4O3/c1-29-20-4-2-3-17(7-20)5-6-21(28)26-12-19-11-25(13-22(19,14-26)15-27)10-18-8-23-16-24-9-18/h2-4,7-9,16,19,27H,5-6,10-15H2,1H3. The van der Waals surface area contributed by atoms with Gasteiger partial charge in [0.15, 0.2) is 0 Å². The lowest BCUT2D eigenvalue weighted by atomic mass is 9.82. The van der Waals surface area contributed by atoms with Crippen molar-refractivity contribution in [3.63, 3.8) is 0 Å². The number of rotatable bonds is 7. The Balaban J connectivity index is 1.33. The Hall–Kier alpha value is -2.51. The second-order valence-corrected chi connectivity index (χ2v) is 8.26. The molecule has 1 aromatic carbocycles. The van der Waals surface area contributed by atoms with Gasteiger partial charge >= 0.3 is 0 Å². The second-order valence-electron chi connectivity index (χ2n) is 8.26. The molecule has 1 aromatic heterocycles. The van der Waals surface area contributed by atoms with Gasteiger partial charge in [0.2, 0.25) is 5.91 Å². The molecule has 3 heterocycles. The minimum atomic E-state index is -0.221. The van der Waals surface area contributed by atoms with Crippen LogP contribution in [0.1, 0.15) is 17.5 Å². The van der Waals surface area contributed by atoms with Crippen molar-refractivity contribution in [2.75, 3.05) is 39.9 Å². The molecule has 2 unspecified atom stereocenters. The van der Waals surface area contributed by atoms with Gasteiger partial charge in [-0.05, 0) is 30.0 Å². The molecule has 29 heavy (non-hydrogen) atoms. The van der Waals surface area contributed by atoms with Crippen molar-refractivity contribution in [3.05, 3.63) is 54.1 Å². The Bertz CT molecular complexity index is 847. The molecule has 7 nitrogen and oxygen atoms in total. The SMILES string of the molecule is COc1cccc(CCC(=O)N2CC3CN(Cc4cncnc4)CC3(CO)C2)c1. The number of benzene rings is 1. The van der Waals surface area contributed by atoms with Crippen LogP contribution in [-0.4, -0.2) is 70.7 Å². The number of carbonyl (C=O) groups is 1. The lowest BCUT2D eigenvalue weighted by Gasteiger charge is -2.27. The van der Waals surface area contributed by atoms with Gasteiger partial charge in [0.25, 0.3) is 0 Å². The zero-order chi connectivity index (χ0) is 20.3. The van der Waals surface area contributed by atoms with Gasteiger partial charge in [-0.25, -0.2) is 9.97 Å². The summed E-state index contributed by atoms with van der Waals surface area (Å²) in [5.74, 6) is 1.28. The van der Waals surface area contributed by atoms with E-state index in [2.05, 4.69) is 14.9 Å². The molecular weight excluding hydrogens is 368 g/mol. The second kappa shape index (κ2) is 8.47. The van der Waals surface area contributed by atoms with Crippen molar-refractivity contribution in [1.29, 1.82) is 0 Å². The van der Waals surface area contributed by atoms with Gasteiger partial charge in [0, 0.05) is 62.5 Å². The highest BCUT2D eigenvalue weighted by Crippen LogP contribution is 2.42. The maximum Gasteiger partial charge on any atom is 0.222 e. The number of likely N-dealkylation sites (tertiary alicyclic amines) is 2. The van der Waals surface area contributed by atoms with E-state index in [-0.39, 0.29) is 17.9 Å². The van der Waals surface area contributed by atoms with Gasteiger partial charge in [-0.1, -0.05) is 12.1 Å². The summed E-state index contributed by atoms with van der Waals surface area (Å²) in [5, 5.41) is 10.2. The normalized spacial score (nSPS) is 23.9. The lowest BCUT2D eigenvalue weighted by Crippen LogP contribution is -2.38. The van der Waals surface area contributed by atoms with Crippen LogP contribution in [-0.2, 0) is 17.8 Å². The Kier molecular flexibility index (Phi) is 5.78. The number of hydrogen-bond acceptors (Lipinski definition) is 6. The van der Waals surface area contributed by atoms with E-state index in [1.165, 1.54) is 6.33 Å². The number of aryl methyl sites for hydroxylation is 1. The lowest BCUT2D eigenvalue weighted by molar-refractivity contribution is -0.130. The van der Waals surface area contributed by atoms with Crippen LogP contribution in [0.4, 0.5) is 0 Å². The zero-order valence-corrected chi connectivity index (χ0v) is 16.8. The number of nitrogens with zero attached hydrogens (tertiary/aromatic N) is 4. The first-order valence-corrected chi connectivity index (χ1v) is 10.1. The summed E-state index contributed by atoms with van der Waals surface area (Å²) in [6.45, 7) is 3.92. The Labute approximate surface area is 171 Å². The van der Waals surface area contributed by atoms with Crippen molar-refractivity contribution in [1.82, 2.24) is 19.8 Å². The van der Waals surface area contributed by atoms with E-state index in [9.17, 15) is 9.90 Å². The summed E-state index contributed by atoms with van der Waals surface area (Å²) >= 11 is 0. The minimum Gasteiger partial charge on any atom is -0.497 e. The molecule has 2 aromatic rings. The molecule has 1 N–H and O–H groups in total. The van der Waals surface area contributed by atoms with Crippen LogP contribution < -0.4 is 4.74 Å². The summed E-state index contributed by atoms with van der Waals surface area (Å²) in [4.78, 5) is 25.3. The van der Waals surface area contributed by atoms with Crippen molar-refractivity contribution in [3.8, 4) is 5.75 Å². The number of carbonyl (C=O) groups excluding carboxylic acids is 1. The third kappa shape index (κ3) is 4.26. The topological polar surface area (TPSA) is 78.8 Å². The quantitative estimate of drug-likeness (QED) is 0.762. The van der Waals surface area contributed by atoms with Crippen LogP contribution in [0.25, 0.3) is 0 Å². The summed E-state index contributed by atoms with van der Waals surface area (Å²) in [6.07, 6.45) is 6.38. The fourth-order valence-electron chi connectivity index (χ4n) is 4.73. The van der Waals surface area contributed by atoms with E-state index in [4.69, 9.17) is 4.74 Å². The van der Waals surface area contributed by atoms with Gasteiger partial charge in [-0.3, -0.25) is 9.69 Å². The number of methoxy groups -OCH3 is 1. The number of fused-ring (bicyclic) bond motifs is 1. The minimum absolute atomic E-state index is 0.110.